The van der Waals surface area contributed by atoms with Crippen molar-refractivity contribution in [1.82, 2.24) is 0 Å². The molecule has 0 spiro atoms. The number of morpholine rings is 1. The lowest BCUT2D eigenvalue weighted by atomic mass is 9.78. The molecule has 30 heavy (non-hydrogen) atoms. The Morgan fingerprint density at radius 3 is 2.27 bits per heavy atom. The summed E-state index contributed by atoms with van der Waals surface area (Å²) in [6.07, 6.45) is 1.78. The number of fused-ring (bicyclic) bond motifs is 1. The van der Waals surface area contributed by atoms with Gasteiger partial charge in [-0.15, -0.1) is 0 Å². The molecule has 156 valence electrons. The van der Waals surface area contributed by atoms with E-state index < -0.39 is 7.29 Å². The van der Waals surface area contributed by atoms with E-state index in [0.29, 0.717) is 0 Å². The largest absolute Gasteiger partial charge is 0.370 e. The molecule has 0 unspecified atom stereocenters. The minimum Gasteiger partial charge on any atom is -0.370 e. The van der Waals surface area contributed by atoms with Gasteiger partial charge in [-0.2, -0.15) is 5.10 Å². The summed E-state index contributed by atoms with van der Waals surface area (Å²) in [5.41, 5.74) is 3.25. The first-order valence-electron chi connectivity index (χ1n) is 10.7. The summed E-state index contributed by atoms with van der Waals surface area (Å²) in [6, 6.07) is 19.9. The van der Waals surface area contributed by atoms with Crippen molar-refractivity contribution in [1.29, 1.82) is 0 Å². The molecule has 0 bridgehead atoms. The number of hydrogen-bond acceptors (Lipinski definition) is 3. The Hall–Kier alpha value is -2.20. The highest BCUT2D eigenvalue weighted by atomic mass is 31.2. The molecule has 1 aliphatic carbocycles. The number of hydrazone groups is 1. The highest BCUT2D eigenvalue weighted by Crippen LogP contribution is 2.65. The molecule has 5 rings (SSSR count). The number of hydrogen-bond donors (Lipinski definition) is 1. The molecular weight excluding hydrogens is 393 g/mol. The van der Waals surface area contributed by atoms with Gasteiger partial charge in [0.1, 0.15) is 24.1 Å². The molecule has 1 atom stereocenters. The first kappa shape index (κ1) is 19.7. The van der Waals surface area contributed by atoms with Gasteiger partial charge in [0.15, 0.2) is 0 Å². The Labute approximate surface area is 178 Å². The molecule has 3 aliphatic rings. The molecule has 1 N–H and O–H groups in total. The van der Waals surface area contributed by atoms with Crippen LogP contribution in [-0.4, -0.2) is 32.0 Å². The minimum absolute atomic E-state index is 0.0944. The van der Waals surface area contributed by atoms with Crippen molar-refractivity contribution < 1.29 is 14.2 Å². The Morgan fingerprint density at radius 2 is 1.60 bits per heavy atom. The zero-order valence-corrected chi connectivity index (χ0v) is 18.6. The molecular formula is C24H29N3O2P+. The molecule has 2 aliphatic heterocycles. The number of nitrogens with zero attached hydrogens (tertiary/aromatic N) is 2. The maximum Gasteiger partial charge on any atom is 0.256 e. The van der Waals surface area contributed by atoms with Crippen molar-refractivity contribution in [3.05, 3.63) is 71.7 Å². The van der Waals surface area contributed by atoms with Gasteiger partial charge in [0.05, 0.1) is 24.6 Å². The van der Waals surface area contributed by atoms with Crippen LogP contribution in [0.15, 0.2) is 76.8 Å². The van der Waals surface area contributed by atoms with E-state index in [1.165, 1.54) is 10.6 Å². The summed E-state index contributed by atoms with van der Waals surface area (Å²) in [5.74, 6) is 0. The number of benzene rings is 2. The van der Waals surface area contributed by atoms with Crippen LogP contribution in [0.5, 0.6) is 0 Å². The molecule has 1 fully saturated rings. The number of quaternary nitrogens is 1. The van der Waals surface area contributed by atoms with E-state index in [0.717, 1.165) is 61.2 Å². The third kappa shape index (κ3) is 3.26. The van der Waals surface area contributed by atoms with Gasteiger partial charge in [-0.3, -0.25) is 4.57 Å². The summed E-state index contributed by atoms with van der Waals surface area (Å²) in [7, 11) is -3.12. The van der Waals surface area contributed by atoms with Crippen molar-refractivity contribution in [2.24, 2.45) is 10.5 Å². The summed E-state index contributed by atoms with van der Waals surface area (Å²) < 4.78 is 22.5. The number of rotatable bonds is 3. The number of anilines is 1. The third-order valence-corrected chi connectivity index (χ3v) is 9.25. The molecule has 0 radical (unpaired) electrons. The zero-order chi connectivity index (χ0) is 20.8. The average Bonchev–Trinajstić information content (AvgIpc) is 3.07. The van der Waals surface area contributed by atoms with Gasteiger partial charge >= 0.3 is 0 Å². The van der Waals surface area contributed by atoms with Gasteiger partial charge in [-0.1, -0.05) is 50.2 Å². The van der Waals surface area contributed by atoms with E-state index in [1.807, 2.05) is 65.4 Å². The van der Waals surface area contributed by atoms with Crippen molar-refractivity contribution in [2.45, 2.75) is 26.7 Å². The van der Waals surface area contributed by atoms with Crippen LogP contribution in [-0.2, 0) is 9.30 Å². The van der Waals surface area contributed by atoms with E-state index >= 15 is 4.57 Å². The lowest BCUT2D eigenvalue weighted by Gasteiger charge is -2.37. The molecule has 2 aromatic rings. The van der Waals surface area contributed by atoms with Crippen molar-refractivity contribution >= 4 is 24.0 Å². The van der Waals surface area contributed by atoms with E-state index in [9.17, 15) is 0 Å². The first-order valence-corrected chi connectivity index (χ1v) is 12.4. The molecule has 6 heteroatoms. The molecule has 0 amide bonds. The van der Waals surface area contributed by atoms with E-state index in [2.05, 4.69) is 13.8 Å². The standard InChI is InChI=1S/C24H28N3O2P/c1-24(2)17-21-23(22(18-24)26-13-15-29-16-14-26)30(28,20-11-7-4-8-12-20)27(25-21)19-9-5-3-6-10-19/h3-12H,13-18H2,1-2H3/p+1/t30-/m0/s1. The van der Waals surface area contributed by atoms with Crippen molar-refractivity contribution in [3.63, 3.8) is 0 Å². The molecule has 2 aromatic carbocycles. The number of allylic oxidation sites excluding steroid dienone is 2. The van der Waals surface area contributed by atoms with E-state index in [1.54, 1.807) is 0 Å². The van der Waals surface area contributed by atoms with Crippen LogP contribution in [0.25, 0.3) is 0 Å². The smallest absolute Gasteiger partial charge is 0.256 e. The minimum atomic E-state index is -3.12. The summed E-state index contributed by atoms with van der Waals surface area (Å²) >= 11 is 0. The van der Waals surface area contributed by atoms with Gasteiger partial charge in [0.2, 0.25) is 0 Å². The lowest BCUT2D eigenvalue weighted by Crippen LogP contribution is -3.12. The summed E-state index contributed by atoms with van der Waals surface area (Å²) in [6.45, 7) is 7.92. The summed E-state index contributed by atoms with van der Waals surface area (Å²) in [5, 5.41) is 6.88. The van der Waals surface area contributed by atoms with Crippen LogP contribution in [0.3, 0.4) is 0 Å². The highest BCUT2D eigenvalue weighted by molar-refractivity contribution is 7.78. The molecule has 1 saturated heterocycles. The Kier molecular flexibility index (Phi) is 4.93. The maximum atomic E-state index is 15.1. The topological polar surface area (TPSA) is 46.3 Å². The van der Waals surface area contributed by atoms with Gasteiger partial charge < -0.3 is 9.64 Å². The van der Waals surface area contributed by atoms with Gasteiger partial charge in [-0.25, -0.2) is 4.78 Å². The zero-order valence-electron chi connectivity index (χ0n) is 17.7. The number of ether oxygens (including phenoxy) is 1. The van der Waals surface area contributed by atoms with Gasteiger partial charge in [-0.05, 0) is 36.1 Å². The van der Waals surface area contributed by atoms with Crippen LogP contribution in [0.2, 0.25) is 0 Å². The predicted octanol–water partition coefficient (Wildman–Crippen LogP) is 3.41. The van der Waals surface area contributed by atoms with Gasteiger partial charge in [0.25, 0.3) is 7.29 Å². The normalized spacial score (nSPS) is 26.5. The van der Waals surface area contributed by atoms with E-state index in [4.69, 9.17) is 9.84 Å². The second kappa shape index (κ2) is 7.49. The summed E-state index contributed by atoms with van der Waals surface area (Å²) in [4.78, 5) is 1.41. The van der Waals surface area contributed by atoms with E-state index in [-0.39, 0.29) is 5.41 Å². The highest BCUT2D eigenvalue weighted by Gasteiger charge is 2.52. The fourth-order valence-electron chi connectivity index (χ4n) is 4.91. The predicted molar refractivity (Wildman–Crippen MR) is 122 cm³/mol. The average molecular weight is 422 g/mol. The first-order chi connectivity index (χ1) is 14.5. The number of nitrogens with one attached hydrogen (secondary N) is 1. The fraction of sp³-hybridized carbons (Fsp3) is 0.375. The van der Waals surface area contributed by atoms with Crippen LogP contribution < -0.4 is 15.0 Å². The Bertz CT molecular complexity index is 1040. The monoisotopic (exact) mass is 422 g/mol. The molecule has 2 heterocycles. The second-order valence-electron chi connectivity index (χ2n) is 9.14. The van der Waals surface area contributed by atoms with Crippen LogP contribution >= 0.6 is 7.29 Å². The maximum absolute atomic E-state index is 15.1. The Balaban J connectivity index is 1.75. The molecule has 0 aromatic heterocycles. The second-order valence-corrected chi connectivity index (χ2v) is 11.6. The van der Waals surface area contributed by atoms with Gasteiger partial charge in [0, 0.05) is 11.7 Å². The van der Waals surface area contributed by atoms with Crippen LogP contribution in [0.1, 0.15) is 26.7 Å². The lowest BCUT2D eigenvalue weighted by molar-refractivity contribution is -0.871. The fourth-order valence-corrected chi connectivity index (χ4v) is 7.92. The quantitative estimate of drug-likeness (QED) is 0.772. The van der Waals surface area contributed by atoms with Crippen LogP contribution in [0, 0.1) is 5.41 Å². The number of para-hydroxylation sites is 1. The molecule has 5 nitrogen and oxygen atoms in total. The Morgan fingerprint density at radius 1 is 0.967 bits per heavy atom. The molecule has 0 saturated carbocycles. The third-order valence-electron chi connectivity index (χ3n) is 6.26. The van der Waals surface area contributed by atoms with Crippen molar-refractivity contribution in [3.8, 4) is 0 Å². The van der Waals surface area contributed by atoms with Crippen LogP contribution in [0.4, 0.5) is 5.69 Å². The SMILES string of the molecule is CC1(C)CC2=NN(c3ccccc3)[P@](=O)(c3ccccc3)C2=C([NH+]2CCOCC2)C1. The van der Waals surface area contributed by atoms with Crippen molar-refractivity contribution in [2.75, 3.05) is 31.1 Å².